The number of ether oxygens (including phenoxy) is 3. The van der Waals surface area contributed by atoms with Crippen LogP contribution in [0.2, 0.25) is 0 Å². The van der Waals surface area contributed by atoms with Crippen molar-refractivity contribution in [1.82, 2.24) is 0 Å². The predicted molar refractivity (Wildman–Crippen MR) is 154 cm³/mol. The Balaban J connectivity index is 1.58. The normalized spacial score (nSPS) is 29.7. The van der Waals surface area contributed by atoms with Gasteiger partial charge in [0.1, 0.15) is 36.8 Å². The third-order valence-corrected chi connectivity index (χ3v) is 11.4. The van der Waals surface area contributed by atoms with E-state index in [1.165, 1.54) is 0 Å². The van der Waals surface area contributed by atoms with Crippen LogP contribution in [0.25, 0.3) is 0 Å². The lowest BCUT2D eigenvalue weighted by Gasteiger charge is -2.48. The Morgan fingerprint density at radius 1 is 0.976 bits per heavy atom. The molecule has 4 N–H and O–H groups in total. The number of aliphatic hydroxyl groups excluding tert-OH is 4. The highest BCUT2D eigenvalue weighted by molar-refractivity contribution is 8.32. The molecule has 0 saturated carbocycles. The maximum Gasteiger partial charge on any atom is 0.340 e. The first-order valence-corrected chi connectivity index (χ1v) is 16.0. The van der Waals surface area contributed by atoms with Gasteiger partial charge in [-0.05, 0) is 42.8 Å². The zero-order chi connectivity index (χ0) is 30.1. The number of carbonyl (C=O) groups is 1. The second-order valence-electron chi connectivity index (χ2n) is 11.4. The van der Waals surface area contributed by atoms with Gasteiger partial charge in [0.25, 0.3) is 0 Å². The second-order valence-corrected chi connectivity index (χ2v) is 14.9. The lowest BCUT2D eigenvalue weighted by molar-refractivity contribution is -0.277. The molecule has 3 aromatic rings. The molecule has 11 heteroatoms. The number of aliphatic hydroxyl groups is 4. The Kier molecular flexibility index (Phi) is 7.03. The summed E-state index contributed by atoms with van der Waals surface area (Å²) < 4.78 is 33.1. The van der Waals surface area contributed by atoms with Gasteiger partial charge in [-0.2, -0.15) is 10.0 Å². The van der Waals surface area contributed by atoms with Crippen molar-refractivity contribution in [3.05, 3.63) is 82.4 Å². The molecule has 1 spiro atoms. The molecule has 3 aliphatic heterocycles. The number of halogens is 1. The van der Waals surface area contributed by atoms with Crippen LogP contribution >= 0.6 is 10.0 Å². The van der Waals surface area contributed by atoms with Crippen LogP contribution in [0.15, 0.2) is 64.4 Å². The maximum absolute atomic E-state index is 15.3. The molecule has 3 aromatic carbocycles. The fourth-order valence-corrected chi connectivity index (χ4v) is 9.30. The van der Waals surface area contributed by atoms with Gasteiger partial charge in [-0.15, -0.1) is 0 Å². The van der Waals surface area contributed by atoms with Gasteiger partial charge in [0, 0.05) is 51.8 Å². The number of hydrogen-bond donors (Lipinski definition) is 4. The van der Waals surface area contributed by atoms with E-state index in [1.54, 1.807) is 24.3 Å². The van der Waals surface area contributed by atoms with Crippen molar-refractivity contribution in [3.8, 4) is 5.75 Å². The molecule has 9 nitrogen and oxygen atoms in total. The molecule has 0 radical (unpaired) electrons. The summed E-state index contributed by atoms with van der Waals surface area (Å²) in [5.74, 6) is -0.404. The molecule has 3 heterocycles. The second kappa shape index (κ2) is 10.2. The number of fused-ring (bicyclic) bond motifs is 6. The van der Waals surface area contributed by atoms with Crippen molar-refractivity contribution in [2.45, 2.75) is 52.8 Å². The molecule has 6 atom stereocenters. The van der Waals surface area contributed by atoms with Gasteiger partial charge in [0.2, 0.25) is 6.29 Å². The third kappa shape index (κ3) is 3.99. The van der Waals surface area contributed by atoms with E-state index in [-0.39, 0.29) is 11.3 Å². The number of rotatable bonds is 5. The first kappa shape index (κ1) is 28.9. The van der Waals surface area contributed by atoms with Crippen molar-refractivity contribution in [2.75, 3.05) is 38.1 Å². The van der Waals surface area contributed by atoms with Gasteiger partial charge in [0.15, 0.2) is 5.60 Å². The van der Waals surface area contributed by atoms with Crippen molar-refractivity contribution in [3.63, 3.8) is 0 Å². The molecule has 0 aromatic heterocycles. The number of hydrogen-bond acceptors (Lipinski definition) is 9. The minimum Gasteiger partial charge on any atom is -0.462 e. The quantitative estimate of drug-likeness (QED) is 0.327. The summed E-state index contributed by atoms with van der Waals surface area (Å²) in [6.45, 7) is -1.57. The molecule has 1 saturated heterocycles. The molecule has 3 aliphatic rings. The van der Waals surface area contributed by atoms with E-state index in [1.807, 2.05) is 43.3 Å². The predicted octanol–water partition coefficient (Wildman–Crippen LogP) is 2.66. The van der Waals surface area contributed by atoms with E-state index in [4.69, 9.17) is 14.2 Å². The first-order valence-electron chi connectivity index (χ1n) is 13.5. The summed E-state index contributed by atoms with van der Waals surface area (Å²) >= 11 is 0. The van der Waals surface area contributed by atoms with Crippen LogP contribution in [0.3, 0.4) is 0 Å². The molecule has 6 rings (SSSR count). The van der Waals surface area contributed by atoms with Gasteiger partial charge in [-0.1, -0.05) is 24.3 Å². The van der Waals surface area contributed by atoms with Crippen molar-refractivity contribution >= 4 is 21.7 Å². The average Bonchev–Trinajstić information content (AvgIpc) is 3.28. The van der Waals surface area contributed by atoms with E-state index in [0.29, 0.717) is 21.6 Å². The van der Waals surface area contributed by atoms with Gasteiger partial charge >= 0.3 is 5.97 Å². The van der Waals surface area contributed by atoms with Gasteiger partial charge in [-0.25, -0.2) is 9.18 Å². The topological polar surface area (TPSA) is 129 Å². The fraction of sp³-hybridized carbons (Fsp3) is 0.387. The van der Waals surface area contributed by atoms with E-state index >= 15 is 4.39 Å². The summed E-state index contributed by atoms with van der Waals surface area (Å²) in [5.41, 5.74) is 2.34. The van der Waals surface area contributed by atoms with Gasteiger partial charge in [-0.3, -0.25) is 0 Å². The van der Waals surface area contributed by atoms with E-state index < -0.39 is 65.6 Å². The number of nitrogens with zero attached hydrogens (tertiary/aromatic N) is 1. The number of esters is 1. The van der Waals surface area contributed by atoms with Crippen molar-refractivity contribution in [2.24, 2.45) is 0 Å². The van der Waals surface area contributed by atoms with Crippen LogP contribution in [-0.2, 0) is 21.7 Å². The standard InChI is InChI=1S/C31H34FNO8S/c1-33(2)16-9-10-20-24(13-16)42(3,4)28-18(14-32)22(39-30-27(37)26(36)25(35)23(15-34)40-30)12-11-21(28)31(20)19-8-6-5-7-17(19)29(38)41-31/h5-13,23,25-27,30,34-37H,14-15H2,1-4H3/t23-,25+,26+,27-,30-,31?/m1/s1. The van der Waals surface area contributed by atoms with Crippen molar-refractivity contribution < 1.29 is 43.8 Å². The van der Waals surface area contributed by atoms with E-state index in [9.17, 15) is 25.2 Å². The Morgan fingerprint density at radius 3 is 2.38 bits per heavy atom. The van der Waals surface area contributed by atoms with Crippen LogP contribution in [0.1, 0.15) is 32.6 Å². The number of carbonyl (C=O) groups excluding carboxylic acids is 1. The zero-order valence-electron chi connectivity index (χ0n) is 23.7. The van der Waals surface area contributed by atoms with Crippen LogP contribution in [0.5, 0.6) is 5.75 Å². The minimum absolute atomic E-state index is 0.0705. The molecule has 1 fully saturated rings. The Hall–Kier alpha value is -3.19. The largest absolute Gasteiger partial charge is 0.462 e. The van der Waals surface area contributed by atoms with Crippen LogP contribution < -0.4 is 9.64 Å². The number of alkyl halides is 1. The molecule has 1 unspecified atom stereocenters. The molecule has 0 amide bonds. The zero-order valence-corrected chi connectivity index (χ0v) is 24.5. The fourth-order valence-electron chi connectivity index (χ4n) is 6.37. The highest BCUT2D eigenvalue weighted by Gasteiger charge is 2.56. The highest BCUT2D eigenvalue weighted by atomic mass is 32.3. The van der Waals surface area contributed by atoms with E-state index in [2.05, 4.69) is 18.6 Å². The SMILES string of the molecule is CN(C)c1ccc2c(c1)S(C)(C)c1c(ccc(O[C@@H]3O[C@H](CO)[C@H](O)[C@H](O)[C@H]3O)c1CF)C21OC(=O)c2ccccc21. The van der Waals surface area contributed by atoms with Gasteiger partial charge in [0.05, 0.1) is 12.2 Å². The average molecular weight is 600 g/mol. The number of benzene rings is 3. The third-order valence-electron chi connectivity index (χ3n) is 8.52. The molecule has 224 valence electrons. The minimum atomic E-state index is -1.97. The Labute approximate surface area is 244 Å². The smallest absolute Gasteiger partial charge is 0.340 e. The highest BCUT2D eigenvalue weighted by Crippen LogP contribution is 2.70. The number of anilines is 1. The summed E-state index contributed by atoms with van der Waals surface area (Å²) in [7, 11) is 1.90. The van der Waals surface area contributed by atoms with Crippen LogP contribution in [-0.4, -0.2) is 90.3 Å². The lowest BCUT2D eigenvalue weighted by atomic mass is 9.78. The van der Waals surface area contributed by atoms with Gasteiger partial charge < -0.3 is 39.5 Å². The van der Waals surface area contributed by atoms with Crippen molar-refractivity contribution in [1.29, 1.82) is 0 Å². The summed E-state index contributed by atoms with van der Waals surface area (Å²) in [5, 5.41) is 40.7. The molecule has 42 heavy (non-hydrogen) atoms. The summed E-state index contributed by atoms with van der Waals surface area (Å²) in [6, 6.07) is 16.5. The first-order chi connectivity index (χ1) is 20.0. The molecular weight excluding hydrogens is 565 g/mol. The summed E-state index contributed by atoms with van der Waals surface area (Å²) in [4.78, 5) is 16.8. The Morgan fingerprint density at radius 2 is 1.69 bits per heavy atom. The van der Waals surface area contributed by atoms with Crippen LogP contribution in [0, 0.1) is 0 Å². The monoisotopic (exact) mass is 599 g/mol. The Bertz CT molecular complexity index is 1560. The maximum atomic E-state index is 15.3. The summed E-state index contributed by atoms with van der Waals surface area (Å²) in [6.07, 6.45) is -3.44. The van der Waals surface area contributed by atoms with Crippen LogP contribution in [0.4, 0.5) is 10.1 Å². The molecular formula is C31H34FNO8S. The lowest BCUT2D eigenvalue weighted by Crippen LogP contribution is -2.60. The van der Waals surface area contributed by atoms with E-state index in [0.717, 1.165) is 16.1 Å². The molecule has 0 aliphatic carbocycles. The molecule has 0 bridgehead atoms.